The second kappa shape index (κ2) is 8.92. The number of rotatable bonds is 5. The van der Waals surface area contributed by atoms with Crippen LogP contribution >= 0.6 is 11.6 Å². The molecule has 30 heavy (non-hydrogen) atoms. The van der Waals surface area contributed by atoms with Gasteiger partial charge in [0, 0.05) is 10.6 Å². The minimum atomic E-state index is -0.479. The number of aryl methyl sites for hydroxylation is 1. The first-order chi connectivity index (χ1) is 14.5. The molecule has 1 heterocycles. The van der Waals surface area contributed by atoms with Gasteiger partial charge in [-0.15, -0.1) is 0 Å². The monoisotopic (exact) mass is 426 g/mol. The van der Waals surface area contributed by atoms with Gasteiger partial charge < -0.3 is 13.9 Å². The van der Waals surface area contributed by atoms with Crippen LogP contribution in [-0.2, 0) is 9.53 Å². The quantitative estimate of drug-likeness (QED) is 0.491. The van der Waals surface area contributed by atoms with E-state index in [1.807, 2.05) is 13.0 Å². The van der Waals surface area contributed by atoms with Crippen molar-refractivity contribution < 1.29 is 18.7 Å². The van der Waals surface area contributed by atoms with Crippen LogP contribution in [0.2, 0.25) is 5.02 Å². The van der Waals surface area contributed by atoms with Crippen molar-refractivity contribution in [2.45, 2.75) is 45.1 Å². The number of hydrogen-bond acceptors (Lipinski definition) is 5. The van der Waals surface area contributed by atoms with Crippen LogP contribution in [0.4, 0.5) is 0 Å². The largest absolute Gasteiger partial charge is 0.474 e. The lowest BCUT2D eigenvalue weighted by molar-refractivity contribution is -0.152. The normalized spacial score (nSPS) is 14.6. The topological polar surface area (TPSA) is 65.7 Å². The minimum Gasteiger partial charge on any atom is -0.474 e. The highest BCUT2D eigenvalue weighted by Crippen LogP contribution is 2.32. The SMILES string of the molecule is Cc1ccc2c(=O)c(OCC(=O)OC3CCCCC3)c(-c3ccc(Cl)cc3)oc2c1. The fourth-order valence-electron chi connectivity index (χ4n) is 3.74. The number of esters is 1. The molecule has 0 bridgehead atoms. The smallest absolute Gasteiger partial charge is 0.344 e. The predicted molar refractivity (Wildman–Crippen MR) is 116 cm³/mol. The molecule has 0 amide bonds. The molecule has 1 aliphatic carbocycles. The van der Waals surface area contributed by atoms with E-state index in [1.54, 1.807) is 36.4 Å². The fraction of sp³-hybridized carbons (Fsp3) is 0.333. The van der Waals surface area contributed by atoms with Crippen molar-refractivity contribution in [2.24, 2.45) is 0 Å². The number of fused-ring (bicyclic) bond motifs is 1. The summed E-state index contributed by atoms with van der Waals surface area (Å²) in [6, 6.07) is 12.2. The third-order valence-electron chi connectivity index (χ3n) is 5.30. The Hall–Kier alpha value is -2.79. The Labute approximate surface area is 179 Å². The van der Waals surface area contributed by atoms with Crippen LogP contribution in [-0.4, -0.2) is 18.7 Å². The van der Waals surface area contributed by atoms with Gasteiger partial charge in [0.25, 0.3) is 0 Å². The summed E-state index contributed by atoms with van der Waals surface area (Å²) in [7, 11) is 0. The van der Waals surface area contributed by atoms with Crippen LogP contribution in [0.1, 0.15) is 37.7 Å². The molecule has 2 aromatic carbocycles. The zero-order chi connectivity index (χ0) is 21.1. The van der Waals surface area contributed by atoms with Gasteiger partial charge in [-0.2, -0.15) is 0 Å². The average molecular weight is 427 g/mol. The maximum Gasteiger partial charge on any atom is 0.344 e. The number of carbonyl (C=O) groups is 1. The molecule has 0 atom stereocenters. The summed E-state index contributed by atoms with van der Waals surface area (Å²) in [5.74, 6) is -0.220. The van der Waals surface area contributed by atoms with Gasteiger partial charge in [0.2, 0.25) is 11.2 Å². The van der Waals surface area contributed by atoms with Crippen molar-refractivity contribution in [3.8, 4) is 17.1 Å². The summed E-state index contributed by atoms with van der Waals surface area (Å²) in [6.45, 7) is 1.58. The lowest BCUT2D eigenvalue weighted by Gasteiger charge is -2.21. The Kier molecular flexibility index (Phi) is 6.09. The Bertz CT molecular complexity index is 1110. The summed E-state index contributed by atoms with van der Waals surface area (Å²) in [5.41, 5.74) is 1.74. The van der Waals surface area contributed by atoms with Crippen LogP contribution in [0.25, 0.3) is 22.3 Å². The van der Waals surface area contributed by atoms with E-state index in [0.717, 1.165) is 31.2 Å². The summed E-state index contributed by atoms with van der Waals surface area (Å²) in [5, 5.41) is 0.963. The van der Waals surface area contributed by atoms with Crippen molar-refractivity contribution >= 4 is 28.5 Å². The van der Waals surface area contributed by atoms with Gasteiger partial charge in [0.05, 0.1) is 5.39 Å². The zero-order valence-electron chi connectivity index (χ0n) is 16.8. The molecule has 1 fully saturated rings. The van der Waals surface area contributed by atoms with Crippen LogP contribution < -0.4 is 10.2 Å². The van der Waals surface area contributed by atoms with Gasteiger partial charge in [-0.1, -0.05) is 24.1 Å². The highest BCUT2D eigenvalue weighted by Gasteiger charge is 2.21. The molecule has 1 saturated carbocycles. The predicted octanol–water partition coefficient (Wildman–Crippen LogP) is 5.68. The van der Waals surface area contributed by atoms with E-state index in [4.69, 9.17) is 25.5 Å². The van der Waals surface area contributed by atoms with Crippen molar-refractivity contribution in [1.82, 2.24) is 0 Å². The molecule has 0 saturated heterocycles. The maximum absolute atomic E-state index is 13.1. The van der Waals surface area contributed by atoms with Crippen LogP contribution in [0.3, 0.4) is 0 Å². The Morgan fingerprint density at radius 2 is 1.83 bits per heavy atom. The van der Waals surface area contributed by atoms with Crippen molar-refractivity contribution in [2.75, 3.05) is 6.61 Å². The summed E-state index contributed by atoms with van der Waals surface area (Å²) >= 11 is 6.00. The first kappa shape index (κ1) is 20.5. The minimum absolute atomic E-state index is 0.00531. The van der Waals surface area contributed by atoms with Gasteiger partial charge in [-0.05, 0) is 74.6 Å². The zero-order valence-corrected chi connectivity index (χ0v) is 17.5. The van der Waals surface area contributed by atoms with Gasteiger partial charge in [0.15, 0.2) is 12.4 Å². The standard InChI is InChI=1S/C24H23ClO5/c1-15-7-12-19-20(13-15)30-23(16-8-10-17(25)11-9-16)24(22(19)27)28-14-21(26)29-18-5-3-2-4-6-18/h7-13,18H,2-6,14H2,1H3. The van der Waals surface area contributed by atoms with Gasteiger partial charge in [0.1, 0.15) is 11.7 Å². The number of carbonyl (C=O) groups excluding carboxylic acids is 1. The molecular formula is C24H23ClO5. The third kappa shape index (κ3) is 4.51. The second-order valence-corrected chi connectivity index (χ2v) is 8.07. The Morgan fingerprint density at radius 3 is 2.57 bits per heavy atom. The number of benzene rings is 2. The van der Waals surface area contributed by atoms with Crippen LogP contribution in [0.5, 0.6) is 5.75 Å². The number of halogens is 1. The maximum atomic E-state index is 13.1. The van der Waals surface area contributed by atoms with E-state index in [0.29, 0.717) is 21.6 Å². The van der Waals surface area contributed by atoms with E-state index >= 15 is 0 Å². The van der Waals surface area contributed by atoms with Gasteiger partial charge in [-0.3, -0.25) is 4.79 Å². The van der Waals surface area contributed by atoms with E-state index in [2.05, 4.69) is 0 Å². The lowest BCUT2D eigenvalue weighted by Crippen LogP contribution is -2.25. The average Bonchev–Trinajstić information content (AvgIpc) is 2.74. The second-order valence-electron chi connectivity index (χ2n) is 7.63. The molecule has 4 rings (SSSR count). The fourth-order valence-corrected chi connectivity index (χ4v) is 3.87. The van der Waals surface area contributed by atoms with Crippen molar-refractivity contribution in [3.63, 3.8) is 0 Å². The highest BCUT2D eigenvalue weighted by molar-refractivity contribution is 6.30. The van der Waals surface area contributed by atoms with Gasteiger partial charge >= 0.3 is 5.97 Å². The lowest BCUT2D eigenvalue weighted by atomic mass is 9.98. The van der Waals surface area contributed by atoms with Gasteiger partial charge in [-0.25, -0.2) is 4.79 Å². The molecule has 0 spiro atoms. The molecule has 0 N–H and O–H groups in total. The third-order valence-corrected chi connectivity index (χ3v) is 5.55. The molecule has 1 aliphatic rings. The van der Waals surface area contributed by atoms with Crippen LogP contribution in [0.15, 0.2) is 51.7 Å². The molecule has 6 heteroatoms. The van der Waals surface area contributed by atoms with E-state index in [9.17, 15) is 9.59 Å². The molecule has 1 aromatic heterocycles. The molecule has 156 valence electrons. The first-order valence-corrected chi connectivity index (χ1v) is 10.5. The van der Waals surface area contributed by atoms with Crippen molar-refractivity contribution in [3.05, 3.63) is 63.3 Å². The van der Waals surface area contributed by atoms with E-state index < -0.39 is 5.97 Å². The summed E-state index contributed by atoms with van der Waals surface area (Å²) in [6.07, 6.45) is 4.98. The highest BCUT2D eigenvalue weighted by atomic mass is 35.5. The first-order valence-electron chi connectivity index (χ1n) is 10.2. The summed E-state index contributed by atoms with van der Waals surface area (Å²) < 4.78 is 17.2. The van der Waals surface area contributed by atoms with E-state index in [-0.39, 0.29) is 29.6 Å². The summed E-state index contributed by atoms with van der Waals surface area (Å²) in [4.78, 5) is 25.4. The Morgan fingerprint density at radius 1 is 1.10 bits per heavy atom. The molecule has 0 unspecified atom stereocenters. The van der Waals surface area contributed by atoms with Crippen molar-refractivity contribution in [1.29, 1.82) is 0 Å². The van der Waals surface area contributed by atoms with Crippen LogP contribution in [0, 0.1) is 6.92 Å². The molecule has 5 nitrogen and oxygen atoms in total. The van der Waals surface area contributed by atoms with E-state index in [1.165, 1.54) is 6.42 Å². The molecule has 0 aliphatic heterocycles. The molecule has 3 aromatic rings. The number of hydrogen-bond donors (Lipinski definition) is 0. The molecular weight excluding hydrogens is 404 g/mol. The molecule has 0 radical (unpaired) electrons. The Balaban J connectivity index is 1.66. The number of ether oxygens (including phenoxy) is 2.